The lowest BCUT2D eigenvalue weighted by Gasteiger charge is -2.08. The molecule has 1 N–H and O–H groups in total. The molecule has 0 bridgehead atoms. The predicted octanol–water partition coefficient (Wildman–Crippen LogP) is 3.19. The lowest BCUT2D eigenvalue weighted by Crippen LogP contribution is -1.90. The summed E-state index contributed by atoms with van der Waals surface area (Å²) in [6, 6.07) is 15.1. The van der Waals surface area contributed by atoms with Crippen molar-refractivity contribution in [1.29, 1.82) is 0 Å². The second-order valence-corrected chi connectivity index (χ2v) is 3.91. The Morgan fingerprint density at radius 2 is 1.71 bits per heavy atom. The Hall–Kier alpha value is -2.09. The minimum absolute atomic E-state index is 0.263. The molecule has 2 rings (SSSR count). The molecule has 0 spiro atoms. The summed E-state index contributed by atoms with van der Waals surface area (Å²) in [5.74, 6) is 0.263. The summed E-state index contributed by atoms with van der Waals surface area (Å²) >= 11 is 0. The SMILES string of the molecule is O=CCCc1ccccc1-c1ccc(O)cc1. The highest BCUT2D eigenvalue weighted by atomic mass is 16.3. The van der Waals surface area contributed by atoms with Gasteiger partial charge in [0.15, 0.2) is 0 Å². The first-order chi connectivity index (χ1) is 8.31. The van der Waals surface area contributed by atoms with Crippen LogP contribution in [0.4, 0.5) is 0 Å². The van der Waals surface area contributed by atoms with Crippen molar-refractivity contribution in [2.75, 3.05) is 0 Å². The molecule has 0 aliphatic heterocycles. The molecular formula is C15H14O2. The van der Waals surface area contributed by atoms with E-state index in [0.29, 0.717) is 6.42 Å². The normalized spacial score (nSPS) is 10.1. The van der Waals surface area contributed by atoms with Gasteiger partial charge in [-0.2, -0.15) is 0 Å². The summed E-state index contributed by atoms with van der Waals surface area (Å²) in [6.07, 6.45) is 2.23. The van der Waals surface area contributed by atoms with Crippen LogP contribution in [0.25, 0.3) is 11.1 Å². The molecule has 0 unspecified atom stereocenters. The Morgan fingerprint density at radius 1 is 1.00 bits per heavy atom. The number of aromatic hydroxyl groups is 1. The van der Waals surface area contributed by atoms with E-state index < -0.39 is 0 Å². The van der Waals surface area contributed by atoms with E-state index in [1.54, 1.807) is 12.1 Å². The van der Waals surface area contributed by atoms with E-state index in [4.69, 9.17) is 0 Å². The Kier molecular flexibility index (Phi) is 3.55. The highest BCUT2D eigenvalue weighted by Gasteiger charge is 2.03. The van der Waals surface area contributed by atoms with Crippen LogP contribution in [-0.2, 0) is 11.2 Å². The molecule has 0 amide bonds. The Morgan fingerprint density at radius 3 is 2.41 bits per heavy atom. The standard InChI is InChI=1S/C15H14O2/c16-11-3-5-12-4-1-2-6-15(12)13-7-9-14(17)10-8-13/h1-2,4,6-11,17H,3,5H2. The van der Waals surface area contributed by atoms with Crippen molar-refractivity contribution in [3.63, 3.8) is 0 Å². The van der Waals surface area contributed by atoms with Gasteiger partial charge in [-0.1, -0.05) is 36.4 Å². The van der Waals surface area contributed by atoms with Crippen molar-refractivity contribution in [2.45, 2.75) is 12.8 Å². The molecule has 0 aromatic heterocycles. The molecule has 2 aromatic rings. The first-order valence-corrected chi connectivity index (χ1v) is 5.62. The van der Waals surface area contributed by atoms with Gasteiger partial charge in [0.1, 0.15) is 12.0 Å². The summed E-state index contributed by atoms with van der Waals surface area (Å²) in [5, 5.41) is 9.27. The van der Waals surface area contributed by atoms with Crippen LogP contribution in [0.2, 0.25) is 0 Å². The summed E-state index contributed by atoms with van der Waals surface area (Å²) in [4.78, 5) is 10.4. The number of carbonyl (C=O) groups is 1. The molecule has 0 saturated heterocycles. The third kappa shape index (κ3) is 2.72. The Balaban J connectivity index is 2.36. The summed E-state index contributed by atoms with van der Waals surface area (Å²) < 4.78 is 0. The van der Waals surface area contributed by atoms with Crippen LogP contribution in [0.1, 0.15) is 12.0 Å². The third-order valence-corrected chi connectivity index (χ3v) is 2.73. The summed E-state index contributed by atoms with van der Waals surface area (Å²) in [5.41, 5.74) is 3.34. The molecule has 0 radical (unpaired) electrons. The minimum atomic E-state index is 0.263. The van der Waals surface area contributed by atoms with Crippen LogP contribution >= 0.6 is 0 Å². The number of hydrogen-bond donors (Lipinski definition) is 1. The van der Waals surface area contributed by atoms with Crippen LogP contribution in [0.3, 0.4) is 0 Å². The van der Waals surface area contributed by atoms with Gasteiger partial charge in [-0.3, -0.25) is 0 Å². The maximum Gasteiger partial charge on any atom is 0.120 e. The number of phenolic OH excluding ortho intramolecular Hbond substituents is 1. The van der Waals surface area contributed by atoms with E-state index in [1.165, 1.54) is 0 Å². The number of aryl methyl sites for hydroxylation is 1. The van der Waals surface area contributed by atoms with Gasteiger partial charge < -0.3 is 9.90 Å². The Labute approximate surface area is 101 Å². The largest absolute Gasteiger partial charge is 0.508 e. The van der Waals surface area contributed by atoms with Crippen molar-refractivity contribution in [3.8, 4) is 16.9 Å². The van der Waals surface area contributed by atoms with Crippen LogP contribution < -0.4 is 0 Å². The van der Waals surface area contributed by atoms with Crippen molar-refractivity contribution in [1.82, 2.24) is 0 Å². The molecule has 0 heterocycles. The van der Waals surface area contributed by atoms with Crippen molar-refractivity contribution in [3.05, 3.63) is 54.1 Å². The number of carbonyl (C=O) groups excluding carboxylic acids is 1. The van der Waals surface area contributed by atoms with E-state index >= 15 is 0 Å². The van der Waals surface area contributed by atoms with Crippen LogP contribution in [0.5, 0.6) is 5.75 Å². The zero-order valence-electron chi connectivity index (χ0n) is 9.47. The quantitative estimate of drug-likeness (QED) is 0.813. The number of rotatable bonds is 4. The lowest BCUT2D eigenvalue weighted by atomic mass is 9.97. The average Bonchev–Trinajstić information content (AvgIpc) is 2.38. The number of phenols is 1. The van der Waals surface area contributed by atoms with E-state index in [1.807, 2.05) is 36.4 Å². The maximum absolute atomic E-state index is 10.4. The van der Waals surface area contributed by atoms with E-state index in [9.17, 15) is 9.90 Å². The Bertz CT molecular complexity index is 501. The maximum atomic E-state index is 10.4. The van der Waals surface area contributed by atoms with Gasteiger partial charge in [0.05, 0.1) is 0 Å². The topological polar surface area (TPSA) is 37.3 Å². The molecule has 2 nitrogen and oxygen atoms in total. The van der Waals surface area contributed by atoms with Gasteiger partial charge in [-0.25, -0.2) is 0 Å². The summed E-state index contributed by atoms with van der Waals surface area (Å²) in [6.45, 7) is 0. The van der Waals surface area contributed by atoms with Crippen molar-refractivity contribution < 1.29 is 9.90 Å². The molecule has 17 heavy (non-hydrogen) atoms. The van der Waals surface area contributed by atoms with Gasteiger partial charge in [-0.05, 0) is 35.2 Å². The van der Waals surface area contributed by atoms with E-state index in [-0.39, 0.29) is 5.75 Å². The fraction of sp³-hybridized carbons (Fsp3) is 0.133. The molecule has 0 fully saturated rings. The van der Waals surface area contributed by atoms with Gasteiger partial charge in [0.25, 0.3) is 0 Å². The minimum Gasteiger partial charge on any atom is -0.508 e. The number of aldehydes is 1. The van der Waals surface area contributed by atoms with Crippen LogP contribution in [0.15, 0.2) is 48.5 Å². The first-order valence-electron chi connectivity index (χ1n) is 5.62. The average molecular weight is 226 g/mol. The van der Waals surface area contributed by atoms with Gasteiger partial charge in [0, 0.05) is 6.42 Å². The molecular weight excluding hydrogens is 212 g/mol. The first kappa shape index (κ1) is 11.4. The fourth-order valence-electron chi connectivity index (χ4n) is 1.88. The van der Waals surface area contributed by atoms with E-state index in [2.05, 4.69) is 0 Å². The third-order valence-electron chi connectivity index (χ3n) is 2.73. The van der Waals surface area contributed by atoms with Crippen molar-refractivity contribution >= 4 is 6.29 Å². The fourth-order valence-corrected chi connectivity index (χ4v) is 1.88. The molecule has 2 heteroatoms. The lowest BCUT2D eigenvalue weighted by molar-refractivity contribution is -0.107. The molecule has 2 aromatic carbocycles. The van der Waals surface area contributed by atoms with Crippen LogP contribution in [0, 0.1) is 0 Å². The predicted molar refractivity (Wildman–Crippen MR) is 67.9 cm³/mol. The van der Waals surface area contributed by atoms with Gasteiger partial charge in [0.2, 0.25) is 0 Å². The highest BCUT2D eigenvalue weighted by Crippen LogP contribution is 2.26. The smallest absolute Gasteiger partial charge is 0.120 e. The van der Waals surface area contributed by atoms with Gasteiger partial charge in [-0.15, -0.1) is 0 Å². The number of benzene rings is 2. The molecule has 0 saturated carbocycles. The molecule has 0 atom stereocenters. The second-order valence-electron chi connectivity index (χ2n) is 3.91. The molecule has 0 aliphatic carbocycles. The molecule has 86 valence electrons. The monoisotopic (exact) mass is 226 g/mol. The zero-order valence-corrected chi connectivity index (χ0v) is 9.47. The highest BCUT2D eigenvalue weighted by molar-refractivity contribution is 5.68. The van der Waals surface area contributed by atoms with Crippen LogP contribution in [-0.4, -0.2) is 11.4 Å². The zero-order chi connectivity index (χ0) is 12.1. The van der Waals surface area contributed by atoms with Gasteiger partial charge >= 0.3 is 0 Å². The van der Waals surface area contributed by atoms with E-state index in [0.717, 1.165) is 29.4 Å². The number of hydrogen-bond acceptors (Lipinski definition) is 2. The van der Waals surface area contributed by atoms with Crippen molar-refractivity contribution in [2.24, 2.45) is 0 Å². The second kappa shape index (κ2) is 5.30. The molecule has 0 aliphatic rings. The summed E-state index contributed by atoms with van der Waals surface area (Å²) in [7, 11) is 0.